The van der Waals surface area contributed by atoms with Crippen LogP contribution in [0, 0.1) is 5.41 Å². The number of hydrogen-bond donors (Lipinski definition) is 4. The Morgan fingerprint density at radius 3 is 2.89 bits per heavy atom. The molecule has 0 aliphatic rings. The van der Waals surface area contributed by atoms with E-state index in [9.17, 15) is 0 Å². The zero-order valence-electron chi connectivity index (χ0n) is 9.89. The molecule has 98 valence electrons. The molecule has 0 radical (unpaired) electrons. The molecule has 1 aromatic heterocycles. The van der Waals surface area contributed by atoms with Gasteiger partial charge in [-0.1, -0.05) is 15.9 Å². The minimum absolute atomic E-state index is 0.122. The summed E-state index contributed by atoms with van der Waals surface area (Å²) in [6.07, 6.45) is 1.54. The molecule has 5 N–H and O–H groups in total. The van der Waals surface area contributed by atoms with Crippen molar-refractivity contribution in [1.82, 2.24) is 9.97 Å². The third-order valence-electron chi connectivity index (χ3n) is 2.40. The number of hydrogen-bond acceptors (Lipinski definition) is 6. The first-order valence-electron chi connectivity index (χ1n) is 5.44. The van der Waals surface area contributed by atoms with Gasteiger partial charge in [0.2, 0.25) is 5.95 Å². The SMILES string of the molecule is N=C(CO)c1ccc(Br)cc1Nc1ccnc(N)n1. The second-order valence-corrected chi connectivity index (χ2v) is 4.67. The molecule has 0 amide bonds. The Morgan fingerprint density at radius 1 is 1.42 bits per heavy atom. The number of benzene rings is 1. The molecule has 1 heterocycles. The van der Waals surface area contributed by atoms with Gasteiger partial charge in [0, 0.05) is 21.9 Å². The standard InChI is InChI=1S/C12H12BrN5O/c13-7-1-2-8(9(14)6-19)10(5-7)17-11-3-4-16-12(15)18-11/h1-5,14,19H,6H2,(H3,15,16,17,18). The summed E-state index contributed by atoms with van der Waals surface area (Å²) in [5.74, 6) is 0.691. The highest BCUT2D eigenvalue weighted by molar-refractivity contribution is 9.10. The summed E-state index contributed by atoms with van der Waals surface area (Å²) in [6, 6.07) is 7.02. The van der Waals surface area contributed by atoms with Crippen molar-refractivity contribution < 1.29 is 5.11 Å². The highest BCUT2D eigenvalue weighted by Gasteiger charge is 2.09. The number of aliphatic hydroxyl groups is 1. The maximum absolute atomic E-state index is 9.08. The number of nitrogens with two attached hydrogens (primary N) is 1. The molecule has 0 aliphatic heterocycles. The summed E-state index contributed by atoms with van der Waals surface area (Å²) in [6.45, 7) is -0.331. The molecule has 0 spiro atoms. The third kappa shape index (κ3) is 3.27. The lowest BCUT2D eigenvalue weighted by atomic mass is 10.1. The fraction of sp³-hybridized carbons (Fsp3) is 0.0833. The lowest BCUT2D eigenvalue weighted by molar-refractivity contribution is 0.357. The van der Waals surface area contributed by atoms with E-state index < -0.39 is 0 Å². The average Bonchev–Trinajstić information content (AvgIpc) is 2.38. The van der Waals surface area contributed by atoms with Gasteiger partial charge in [0.05, 0.1) is 12.3 Å². The Bertz CT molecular complexity index is 617. The zero-order valence-corrected chi connectivity index (χ0v) is 11.5. The summed E-state index contributed by atoms with van der Waals surface area (Å²) >= 11 is 3.36. The topological polar surface area (TPSA) is 108 Å². The third-order valence-corrected chi connectivity index (χ3v) is 2.90. The molecule has 0 saturated carbocycles. The van der Waals surface area contributed by atoms with Crippen LogP contribution in [0.2, 0.25) is 0 Å². The molecule has 7 heteroatoms. The predicted octanol–water partition coefficient (Wildman–Crippen LogP) is 1.93. The van der Waals surface area contributed by atoms with Crippen LogP contribution in [-0.2, 0) is 0 Å². The van der Waals surface area contributed by atoms with Crippen molar-refractivity contribution in [1.29, 1.82) is 5.41 Å². The quantitative estimate of drug-likeness (QED) is 0.643. The van der Waals surface area contributed by atoms with Crippen LogP contribution in [0.25, 0.3) is 0 Å². The Kier molecular flexibility index (Phi) is 4.08. The molecule has 0 fully saturated rings. The van der Waals surface area contributed by atoms with Crippen molar-refractivity contribution in [3.63, 3.8) is 0 Å². The van der Waals surface area contributed by atoms with Crippen molar-refractivity contribution >= 4 is 39.1 Å². The van der Waals surface area contributed by atoms with Gasteiger partial charge < -0.3 is 21.6 Å². The van der Waals surface area contributed by atoms with Crippen molar-refractivity contribution in [2.75, 3.05) is 17.7 Å². The fourth-order valence-electron chi connectivity index (χ4n) is 1.55. The highest BCUT2D eigenvalue weighted by Crippen LogP contribution is 2.24. The second-order valence-electron chi connectivity index (χ2n) is 3.75. The minimum atomic E-state index is -0.331. The largest absolute Gasteiger partial charge is 0.390 e. The molecule has 1 aromatic carbocycles. The van der Waals surface area contributed by atoms with Gasteiger partial charge in [-0.15, -0.1) is 0 Å². The van der Waals surface area contributed by atoms with Crippen molar-refractivity contribution in [3.05, 3.63) is 40.5 Å². The molecule has 0 saturated heterocycles. The lowest BCUT2D eigenvalue weighted by Gasteiger charge is -2.12. The maximum atomic E-state index is 9.08. The number of nitrogens with one attached hydrogen (secondary N) is 2. The zero-order chi connectivity index (χ0) is 13.8. The maximum Gasteiger partial charge on any atom is 0.221 e. The van der Waals surface area contributed by atoms with Gasteiger partial charge in [0.1, 0.15) is 5.82 Å². The van der Waals surface area contributed by atoms with Gasteiger partial charge in [0.15, 0.2) is 0 Å². The number of anilines is 3. The van der Waals surface area contributed by atoms with E-state index >= 15 is 0 Å². The van der Waals surface area contributed by atoms with Gasteiger partial charge in [-0.2, -0.15) is 4.98 Å². The van der Waals surface area contributed by atoms with Crippen LogP contribution in [0.1, 0.15) is 5.56 Å². The summed E-state index contributed by atoms with van der Waals surface area (Å²) in [5, 5.41) is 19.9. The molecule has 2 aromatic rings. The Hall–Kier alpha value is -1.99. The van der Waals surface area contributed by atoms with E-state index in [4.69, 9.17) is 16.2 Å². The number of rotatable bonds is 4. The van der Waals surface area contributed by atoms with Crippen LogP contribution < -0.4 is 11.1 Å². The Balaban J connectivity index is 2.38. The number of nitrogen functional groups attached to an aromatic ring is 1. The van der Waals surface area contributed by atoms with E-state index in [1.807, 2.05) is 0 Å². The molecule has 6 nitrogen and oxygen atoms in total. The van der Waals surface area contributed by atoms with E-state index in [0.29, 0.717) is 17.1 Å². The number of nitrogens with zero attached hydrogens (tertiary/aromatic N) is 2. The van der Waals surface area contributed by atoms with E-state index in [0.717, 1.165) is 4.47 Å². The van der Waals surface area contributed by atoms with E-state index in [2.05, 4.69) is 31.2 Å². The van der Waals surface area contributed by atoms with Crippen LogP contribution >= 0.6 is 15.9 Å². The van der Waals surface area contributed by atoms with Gasteiger partial charge in [-0.25, -0.2) is 4.98 Å². The van der Waals surface area contributed by atoms with Gasteiger partial charge >= 0.3 is 0 Å². The molecule has 19 heavy (non-hydrogen) atoms. The molecule has 0 unspecified atom stereocenters. The average molecular weight is 322 g/mol. The first kappa shape index (κ1) is 13.4. The first-order valence-corrected chi connectivity index (χ1v) is 6.23. The summed E-state index contributed by atoms with van der Waals surface area (Å²) in [7, 11) is 0. The molecule has 0 bridgehead atoms. The summed E-state index contributed by atoms with van der Waals surface area (Å²) in [5.41, 5.74) is 6.89. The first-order chi connectivity index (χ1) is 9.10. The van der Waals surface area contributed by atoms with Crippen LogP contribution in [0.5, 0.6) is 0 Å². The van der Waals surface area contributed by atoms with Crippen LogP contribution in [0.4, 0.5) is 17.5 Å². The van der Waals surface area contributed by atoms with Gasteiger partial charge in [-0.3, -0.25) is 0 Å². The molecule has 0 aliphatic carbocycles. The normalized spacial score (nSPS) is 10.2. The van der Waals surface area contributed by atoms with Crippen molar-refractivity contribution in [2.24, 2.45) is 0 Å². The second kappa shape index (κ2) is 5.77. The van der Waals surface area contributed by atoms with E-state index in [1.54, 1.807) is 30.5 Å². The smallest absolute Gasteiger partial charge is 0.221 e. The Labute approximate surface area is 118 Å². The molecule has 0 atom stereocenters. The monoisotopic (exact) mass is 321 g/mol. The van der Waals surface area contributed by atoms with Gasteiger partial charge in [-0.05, 0) is 24.3 Å². The molecular formula is C12H12BrN5O. The number of aliphatic hydroxyl groups excluding tert-OH is 1. The van der Waals surface area contributed by atoms with Gasteiger partial charge in [0.25, 0.3) is 0 Å². The van der Waals surface area contributed by atoms with Crippen LogP contribution in [0.15, 0.2) is 34.9 Å². The molecule has 2 rings (SSSR count). The minimum Gasteiger partial charge on any atom is -0.390 e. The fourth-order valence-corrected chi connectivity index (χ4v) is 1.91. The van der Waals surface area contributed by atoms with E-state index in [-0.39, 0.29) is 18.3 Å². The highest BCUT2D eigenvalue weighted by atomic mass is 79.9. The van der Waals surface area contributed by atoms with Crippen molar-refractivity contribution in [3.8, 4) is 0 Å². The van der Waals surface area contributed by atoms with Crippen molar-refractivity contribution in [2.45, 2.75) is 0 Å². The van der Waals surface area contributed by atoms with Crippen LogP contribution in [-0.4, -0.2) is 27.4 Å². The summed E-state index contributed by atoms with van der Waals surface area (Å²) < 4.78 is 0.853. The summed E-state index contributed by atoms with van der Waals surface area (Å²) in [4.78, 5) is 7.84. The molecular weight excluding hydrogens is 310 g/mol. The predicted molar refractivity (Wildman–Crippen MR) is 77.8 cm³/mol. The Morgan fingerprint density at radius 2 is 2.21 bits per heavy atom. The number of halogens is 1. The van der Waals surface area contributed by atoms with E-state index in [1.165, 1.54) is 0 Å². The number of aromatic nitrogens is 2. The lowest BCUT2D eigenvalue weighted by Crippen LogP contribution is -2.08. The van der Waals surface area contributed by atoms with Crippen LogP contribution in [0.3, 0.4) is 0 Å².